The van der Waals surface area contributed by atoms with Crippen LogP contribution in [0, 0.1) is 5.41 Å². The van der Waals surface area contributed by atoms with Crippen LogP contribution in [-0.4, -0.2) is 30.8 Å². The van der Waals surface area contributed by atoms with Gasteiger partial charge in [-0.05, 0) is 38.8 Å². The lowest BCUT2D eigenvalue weighted by atomic mass is 9.81. The van der Waals surface area contributed by atoms with E-state index < -0.39 is 0 Å². The lowest BCUT2D eigenvalue weighted by Gasteiger charge is -2.33. The molecule has 1 saturated carbocycles. The molecule has 0 amide bonds. The van der Waals surface area contributed by atoms with Gasteiger partial charge in [-0.3, -0.25) is 0 Å². The van der Waals surface area contributed by atoms with Gasteiger partial charge in [0.05, 0.1) is 0 Å². The fraction of sp³-hybridized carbons (Fsp3) is 0.933. The minimum Gasteiger partial charge on any atom is -0.303 e. The number of carbonyl (C=O) groups is 1. The Balaban J connectivity index is 2.59. The summed E-state index contributed by atoms with van der Waals surface area (Å²) >= 11 is 0. The molecule has 17 heavy (non-hydrogen) atoms. The average Bonchev–Trinajstić information content (AvgIpc) is 2.56. The summed E-state index contributed by atoms with van der Waals surface area (Å²) in [5.41, 5.74) is -0.0269. The smallest absolute Gasteiger partial charge is 0.127 e. The zero-order valence-electron chi connectivity index (χ0n) is 11.7. The first kappa shape index (κ1) is 14.7. The molecule has 0 aromatic carbocycles. The summed E-state index contributed by atoms with van der Waals surface area (Å²) in [5.74, 6) is 0. The Morgan fingerprint density at radius 1 is 1.00 bits per heavy atom. The van der Waals surface area contributed by atoms with E-state index in [2.05, 4.69) is 18.7 Å². The first-order valence-electron chi connectivity index (χ1n) is 7.45. The summed E-state index contributed by atoms with van der Waals surface area (Å²) in [6.45, 7) is 7.73. The predicted molar refractivity (Wildman–Crippen MR) is 73.2 cm³/mol. The fourth-order valence-corrected chi connectivity index (χ4v) is 3.09. The van der Waals surface area contributed by atoms with Crippen molar-refractivity contribution in [2.45, 2.75) is 65.2 Å². The largest absolute Gasteiger partial charge is 0.303 e. The van der Waals surface area contributed by atoms with Crippen molar-refractivity contribution in [3.8, 4) is 0 Å². The van der Waals surface area contributed by atoms with E-state index in [-0.39, 0.29) is 5.41 Å². The Morgan fingerprint density at radius 3 is 1.94 bits per heavy atom. The Morgan fingerprint density at radius 2 is 1.53 bits per heavy atom. The summed E-state index contributed by atoms with van der Waals surface area (Å²) in [6.07, 6.45) is 11.0. The summed E-state index contributed by atoms with van der Waals surface area (Å²) in [7, 11) is 0. The van der Waals surface area contributed by atoms with Crippen LogP contribution in [0.25, 0.3) is 0 Å². The van der Waals surface area contributed by atoms with Gasteiger partial charge < -0.3 is 9.69 Å². The quantitative estimate of drug-likeness (QED) is 0.499. The normalized spacial score (nSPS) is 20.2. The molecule has 0 aromatic heterocycles. The van der Waals surface area contributed by atoms with Crippen molar-refractivity contribution in [2.24, 2.45) is 5.41 Å². The molecule has 0 aliphatic heterocycles. The molecule has 0 saturated heterocycles. The monoisotopic (exact) mass is 239 g/mol. The van der Waals surface area contributed by atoms with Crippen molar-refractivity contribution in [3.05, 3.63) is 0 Å². The van der Waals surface area contributed by atoms with E-state index >= 15 is 0 Å². The van der Waals surface area contributed by atoms with E-state index in [0.717, 1.165) is 32.5 Å². The molecule has 1 fully saturated rings. The Hall–Kier alpha value is -0.370. The van der Waals surface area contributed by atoms with Gasteiger partial charge in [0.2, 0.25) is 0 Å². The molecule has 0 radical (unpaired) electrons. The van der Waals surface area contributed by atoms with Gasteiger partial charge in [0.25, 0.3) is 0 Å². The number of hydrogen-bond acceptors (Lipinski definition) is 2. The second kappa shape index (κ2) is 7.86. The third kappa shape index (κ3) is 4.79. The van der Waals surface area contributed by atoms with Crippen LogP contribution in [0.2, 0.25) is 0 Å². The van der Waals surface area contributed by atoms with Gasteiger partial charge in [-0.1, -0.05) is 39.5 Å². The molecule has 0 atom stereocenters. The Labute approximate surface area is 107 Å². The number of aldehydes is 1. The van der Waals surface area contributed by atoms with E-state index in [1.54, 1.807) is 0 Å². The van der Waals surface area contributed by atoms with Crippen LogP contribution in [0.5, 0.6) is 0 Å². The van der Waals surface area contributed by atoms with Crippen LogP contribution in [0.1, 0.15) is 65.2 Å². The van der Waals surface area contributed by atoms with E-state index in [9.17, 15) is 4.79 Å². The molecule has 0 heterocycles. The van der Waals surface area contributed by atoms with Crippen LogP contribution in [0.4, 0.5) is 0 Å². The van der Waals surface area contributed by atoms with Gasteiger partial charge in [0.15, 0.2) is 0 Å². The SMILES string of the molecule is CCCN(CCC)CC1(C=O)CCCCCC1. The lowest BCUT2D eigenvalue weighted by Crippen LogP contribution is -2.39. The van der Waals surface area contributed by atoms with E-state index in [0.29, 0.717) is 0 Å². The van der Waals surface area contributed by atoms with Crippen molar-refractivity contribution in [1.82, 2.24) is 4.90 Å². The number of carbonyl (C=O) groups excluding carboxylic acids is 1. The maximum absolute atomic E-state index is 11.6. The minimum absolute atomic E-state index is 0.0269. The van der Waals surface area contributed by atoms with Gasteiger partial charge >= 0.3 is 0 Å². The first-order valence-corrected chi connectivity index (χ1v) is 7.45. The molecule has 1 rings (SSSR count). The van der Waals surface area contributed by atoms with E-state index in [4.69, 9.17) is 0 Å². The molecule has 0 bridgehead atoms. The molecule has 0 N–H and O–H groups in total. The van der Waals surface area contributed by atoms with Gasteiger partial charge in [-0.2, -0.15) is 0 Å². The average molecular weight is 239 g/mol. The number of rotatable bonds is 7. The maximum atomic E-state index is 11.6. The summed E-state index contributed by atoms with van der Waals surface area (Å²) in [4.78, 5) is 14.1. The Bertz CT molecular complexity index is 201. The molecular formula is C15H29NO. The zero-order chi connectivity index (χ0) is 12.6. The Kier molecular flexibility index (Phi) is 6.79. The molecule has 2 heteroatoms. The minimum atomic E-state index is -0.0269. The van der Waals surface area contributed by atoms with Crippen molar-refractivity contribution in [1.29, 1.82) is 0 Å². The molecule has 0 aromatic rings. The van der Waals surface area contributed by atoms with E-state index in [1.165, 1.54) is 44.8 Å². The van der Waals surface area contributed by atoms with Crippen molar-refractivity contribution >= 4 is 6.29 Å². The highest BCUT2D eigenvalue weighted by Gasteiger charge is 2.32. The standard InChI is InChI=1S/C15H29NO/c1-3-11-16(12-4-2)13-15(14-17)9-7-5-6-8-10-15/h14H,3-13H2,1-2H3. The molecule has 0 unspecified atom stereocenters. The van der Waals surface area contributed by atoms with Crippen LogP contribution in [0.15, 0.2) is 0 Å². The second-order valence-corrected chi connectivity index (χ2v) is 5.67. The number of nitrogens with zero attached hydrogens (tertiary/aromatic N) is 1. The van der Waals surface area contributed by atoms with Crippen molar-refractivity contribution < 1.29 is 4.79 Å². The third-order valence-electron chi connectivity index (χ3n) is 3.97. The summed E-state index contributed by atoms with van der Waals surface area (Å²) < 4.78 is 0. The predicted octanol–water partition coefficient (Wildman–Crippen LogP) is 3.65. The highest BCUT2D eigenvalue weighted by Crippen LogP contribution is 2.34. The molecule has 2 nitrogen and oxygen atoms in total. The molecule has 1 aliphatic carbocycles. The molecular weight excluding hydrogens is 210 g/mol. The van der Waals surface area contributed by atoms with Gasteiger partial charge in [0.1, 0.15) is 6.29 Å². The van der Waals surface area contributed by atoms with Crippen LogP contribution in [-0.2, 0) is 4.79 Å². The third-order valence-corrected chi connectivity index (χ3v) is 3.97. The van der Waals surface area contributed by atoms with Crippen molar-refractivity contribution in [2.75, 3.05) is 19.6 Å². The van der Waals surface area contributed by atoms with Gasteiger partial charge in [-0.15, -0.1) is 0 Å². The first-order chi connectivity index (χ1) is 8.26. The summed E-state index contributed by atoms with van der Waals surface area (Å²) in [6, 6.07) is 0. The fourth-order valence-electron chi connectivity index (χ4n) is 3.09. The second-order valence-electron chi connectivity index (χ2n) is 5.67. The van der Waals surface area contributed by atoms with Crippen molar-refractivity contribution in [3.63, 3.8) is 0 Å². The molecule has 1 aliphatic rings. The highest BCUT2D eigenvalue weighted by atomic mass is 16.1. The van der Waals surface area contributed by atoms with Gasteiger partial charge in [-0.25, -0.2) is 0 Å². The maximum Gasteiger partial charge on any atom is 0.127 e. The summed E-state index contributed by atoms with van der Waals surface area (Å²) in [5, 5.41) is 0. The van der Waals surface area contributed by atoms with Crippen LogP contribution >= 0.6 is 0 Å². The van der Waals surface area contributed by atoms with Crippen LogP contribution in [0.3, 0.4) is 0 Å². The van der Waals surface area contributed by atoms with Crippen LogP contribution < -0.4 is 0 Å². The highest BCUT2D eigenvalue weighted by molar-refractivity contribution is 5.59. The van der Waals surface area contributed by atoms with E-state index in [1.807, 2.05) is 0 Å². The topological polar surface area (TPSA) is 20.3 Å². The number of hydrogen-bond donors (Lipinski definition) is 0. The van der Waals surface area contributed by atoms with Gasteiger partial charge in [0, 0.05) is 12.0 Å². The molecule has 100 valence electrons. The zero-order valence-corrected chi connectivity index (χ0v) is 11.7. The lowest BCUT2D eigenvalue weighted by molar-refractivity contribution is -0.118. The molecule has 0 spiro atoms.